The minimum atomic E-state index is 0.731. The number of benzene rings is 1. The zero-order valence-electron chi connectivity index (χ0n) is 14.9. The van der Waals surface area contributed by atoms with Crippen molar-refractivity contribution in [2.75, 3.05) is 36.4 Å². The van der Waals surface area contributed by atoms with Gasteiger partial charge in [-0.25, -0.2) is 9.97 Å². The molecule has 0 spiro atoms. The van der Waals surface area contributed by atoms with E-state index in [9.17, 15) is 4.79 Å². The van der Waals surface area contributed by atoms with Crippen LogP contribution in [0.4, 0.5) is 17.3 Å². The van der Waals surface area contributed by atoms with E-state index in [-0.39, 0.29) is 0 Å². The smallest absolute Gasteiger partial charge is 0.209 e. The van der Waals surface area contributed by atoms with Gasteiger partial charge in [-0.15, -0.1) is 0 Å². The molecule has 1 aromatic carbocycles. The Morgan fingerprint density at radius 1 is 1.08 bits per heavy atom. The number of carbonyl (C=O) groups is 1. The van der Waals surface area contributed by atoms with E-state index < -0.39 is 0 Å². The van der Waals surface area contributed by atoms with Gasteiger partial charge in [0.1, 0.15) is 18.0 Å². The third-order valence-corrected chi connectivity index (χ3v) is 4.69. The number of nitrogens with one attached hydrogen (secondary N) is 1. The molecule has 1 aliphatic rings. The molecule has 0 bridgehead atoms. The van der Waals surface area contributed by atoms with Crippen LogP contribution in [-0.2, 0) is 17.6 Å². The molecule has 2 aromatic rings. The van der Waals surface area contributed by atoms with E-state index in [0.29, 0.717) is 0 Å². The molecule has 0 aliphatic carbocycles. The first-order chi connectivity index (χ1) is 12.2. The molecular formula is C19H25N5O. The fraction of sp³-hybridized carbons (Fsp3) is 0.421. The number of aryl methyl sites for hydroxylation is 2. The van der Waals surface area contributed by atoms with Crippen LogP contribution >= 0.6 is 0 Å². The highest BCUT2D eigenvalue weighted by Crippen LogP contribution is 2.27. The zero-order valence-corrected chi connectivity index (χ0v) is 14.9. The number of piperazine rings is 1. The lowest BCUT2D eigenvalue weighted by Crippen LogP contribution is -2.46. The highest BCUT2D eigenvalue weighted by atomic mass is 16.1. The number of nitrogens with zero attached hydrogens (tertiary/aromatic N) is 4. The molecule has 3 rings (SSSR count). The van der Waals surface area contributed by atoms with E-state index in [4.69, 9.17) is 0 Å². The Balaban J connectivity index is 1.80. The maximum Gasteiger partial charge on any atom is 0.209 e. The molecule has 132 valence electrons. The summed E-state index contributed by atoms with van der Waals surface area (Å²) in [7, 11) is 0. The van der Waals surface area contributed by atoms with Crippen LogP contribution in [0.25, 0.3) is 0 Å². The van der Waals surface area contributed by atoms with Gasteiger partial charge >= 0.3 is 0 Å². The molecule has 1 saturated heterocycles. The van der Waals surface area contributed by atoms with Crippen LogP contribution in [0.15, 0.2) is 30.6 Å². The topological polar surface area (TPSA) is 61.4 Å². The van der Waals surface area contributed by atoms with Gasteiger partial charge in [-0.05, 0) is 24.0 Å². The second kappa shape index (κ2) is 7.96. The number of carbonyl (C=O) groups excluding carboxylic acids is 1. The quantitative estimate of drug-likeness (QED) is 0.820. The van der Waals surface area contributed by atoms with Crippen molar-refractivity contribution in [3.8, 4) is 0 Å². The average Bonchev–Trinajstić information content (AvgIpc) is 2.68. The Morgan fingerprint density at radius 3 is 2.36 bits per heavy atom. The molecule has 0 radical (unpaired) electrons. The minimum absolute atomic E-state index is 0.731. The van der Waals surface area contributed by atoms with Crippen molar-refractivity contribution in [1.82, 2.24) is 14.9 Å². The maximum absolute atomic E-state index is 10.9. The Kier molecular flexibility index (Phi) is 5.48. The average molecular weight is 339 g/mol. The second-order valence-corrected chi connectivity index (χ2v) is 6.17. The summed E-state index contributed by atoms with van der Waals surface area (Å²) in [6.07, 6.45) is 4.46. The molecule has 1 amide bonds. The van der Waals surface area contributed by atoms with E-state index in [2.05, 4.69) is 52.2 Å². The normalized spacial score (nSPS) is 14.5. The summed E-state index contributed by atoms with van der Waals surface area (Å²) in [5, 5.41) is 3.50. The summed E-state index contributed by atoms with van der Waals surface area (Å²) in [6.45, 7) is 7.38. The number of amides is 1. The van der Waals surface area contributed by atoms with Gasteiger partial charge in [-0.2, -0.15) is 0 Å². The molecule has 6 nitrogen and oxygen atoms in total. The Hall–Kier alpha value is -2.63. The van der Waals surface area contributed by atoms with Crippen molar-refractivity contribution >= 4 is 23.7 Å². The van der Waals surface area contributed by atoms with Crippen LogP contribution in [0.2, 0.25) is 0 Å². The number of para-hydroxylation sites is 1. The second-order valence-electron chi connectivity index (χ2n) is 6.17. The molecule has 2 heterocycles. The summed E-state index contributed by atoms with van der Waals surface area (Å²) in [4.78, 5) is 23.6. The van der Waals surface area contributed by atoms with E-state index >= 15 is 0 Å². The van der Waals surface area contributed by atoms with Crippen molar-refractivity contribution in [2.24, 2.45) is 0 Å². The monoisotopic (exact) mass is 339 g/mol. The summed E-state index contributed by atoms with van der Waals surface area (Å²) < 4.78 is 0. The third-order valence-electron chi connectivity index (χ3n) is 4.69. The van der Waals surface area contributed by atoms with Crippen molar-refractivity contribution in [3.63, 3.8) is 0 Å². The van der Waals surface area contributed by atoms with E-state index in [1.54, 1.807) is 11.2 Å². The Bertz CT molecular complexity index is 703. The Labute approximate surface area is 148 Å². The molecule has 1 fully saturated rings. The molecule has 25 heavy (non-hydrogen) atoms. The lowest BCUT2D eigenvalue weighted by molar-refractivity contribution is -0.118. The van der Waals surface area contributed by atoms with Crippen LogP contribution in [0, 0.1) is 0 Å². The highest BCUT2D eigenvalue weighted by Gasteiger charge is 2.17. The number of rotatable bonds is 6. The lowest BCUT2D eigenvalue weighted by Gasteiger charge is -2.33. The number of aromatic nitrogens is 2. The van der Waals surface area contributed by atoms with E-state index in [1.807, 2.05) is 6.07 Å². The molecule has 1 N–H and O–H groups in total. The van der Waals surface area contributed by atoms with Gasteiger partial charge in [0.15, 0.2) is 0 Å². The van der Waals surface area contributed by atoms with Crippen molar-refractivity contribution in [2.45, 2.75) is 26.7 Å². The van der Waals surface area contributed by atoms with Gasteiger partial charge in [-0.1, -0.05) is 32.0 Å². The number of anilines is 3. The first kappa shape index (κ1) is 17.2. The zero-order chi connectivity index (χ0) is 17.6. The first-order valence-electron chi connectivity index (χ1n) is 8.89. The largest absolute Gasteiger partial charge is 0.353 e. The van der Waals surface area contributed by atoms with Crippen LogP contribution < -0.4 is 10.2 Å². The van der Waals surface area contributed by atoms with Crippen molar-refractivity contribution < 1.29 is 4.79 Å². The van der Waals surface area contributed by atoms with Crippen LogP contribution in [0.5, 0.6) is 0 Å². The summed E-state index contributed by atoms with van der Waals surface area (Å²) >= 11 is 0. The molecule has 0 atom stereocenters. The van der Waals surface area contributed by atoms with E-state index in [0.717, 1.165) is 62.8 Å². The summed E-state index contributed by atoms with van der Waals surface area (Å²) in [5.74, 6) is 1.70. The molecule has 0 unspecified atom stereocenters. The molecular weight excluding hydrogens is 314 g/mol. The predicted molar refractivity (Wildman–Crippen MR) is 100 cm³/mol. The third kappa shape index (κ3) is 3.90. The molecule has 1 aromatic heterocycles. The molecule has 1 aliphatic heterocycles. The lowest BCUT2D eigenvalue weighted by atomic mass is 10.0. The fourth-order valence-corrected chi connectivity index (χ4v) is 3.18. The Morgan fingerprint density at radius 2 is 1.76 bits per heavy atom. The van der Waals surface area contributed by atoms with Gasteiger partial charge < -0.3 is 15.1 Å². The standard InChI is InChI=1S/C19H25N5O/c1-3-15-6-5-7-16(4-2)19(15)22-17-12-18(21-13-20-17)24-10-8-23(14-25)9-11-24/h5-7,12-14H,3-4,8-11H2,1-2H3,(H,20,21,22). The van der Waals surface area contributed by atoms with Crippen molar-refractivity contribution in [1.29, 1.82) is 0 Å². The van der Waals surface area contributed by atoms with Crippen LogP contribution in [-0.4, -0.2) is 47.5 Å². The van der Waals surface area contributed by atoms with Gasteiger partial charge in [0.2, 0.25) is 6.41 Å². The van der Waals surface area contributed by atoms with Gasteiger partial charge in [0.25, 0.3) is 0 Å². The van der Waals surface area contributed by atoms with Crippen molar-refractivity contribution in [3.05, 3.63) is 41.7 Å². The fourth-order valence-electron chi connectivity index (χ4n) is 3.18. The summed E-state index contributed by atoms with van der Waals surface area (Å²) in [6, 6.07) is 8.41. The molecule has 0 saturated carbocycles. The number of hydrogen-bond acceptors (Lipinski definition) is 5. The van der Waals surface area contributed by atoms with Crippen LogP contribution in [0.1, 0.15) is 25.0 Å². The van der Waals surface area contributed by atoms with Gasteiger partial charge in [0.05, 0.1) is 0 Å². The first-order valence-corrected chi connectivity index (χ1v) is 8.89. The molecule has 6 heteroatoms. The van der Waals surface area contributed by atoms with Gasteiger partial charge in [-0.3, -0.25) is 4.79 Å². The highest BCUT2D eigenvalue weighted by molar-refractivity contribution is 5.66. The SMILES string of the molecule is CCc1cccc(CC)c1Nc1cc(N2CCN(C=O)CC2)ncn1. The summed E-state index contributed by atoms with van der Waals surface area (Å²) in [5.41, 5.74) is 3.74. The predicted octanol–water partition coefficient (Wildman–Crippen LogP) is 2.62. The minimum Gasteiger partial charge on any atom is -0.353 e. The number of hydrogen-bond donors (Lipinski definition) is 1. The van der Waals surface area contributed by atoms with Gasteiger partial charge in [0, 0.05) is 37.9 Å². The maximum atomic E-state index is 10.9. The van der Waals surface area contributed by atoms with E-state index in [1.165, 1.54) is 11.1 Å². The van der Waals surface area contributed by atoms with Crippen LogP contribution in [0.3, 0.4) is 0 Å².